The molecule has 0 radical (unpaired) electrons. The van der Waals surface area contributed by atoms with Gasteiger partial charge in [-0.1, -0.05) is 30.3 Å². The zero-order valence-electron chi connectivity index (χ0n) is 19.0. The summed E-state index contributed by atoms with van der Waals surface area (Å²) in [4.78, 5) is 15.0. The highest BCUT2D eigenvalue weighted by molar-refractivity contribution is 5.94. The van der Waals surface area contributed by atoms with Crippen LogP contribution in [0.15, 0.2) is 66.7 Å². The Kier molecular flexibility index (Phi) is 7.39. The quantitative estimate of drug-likeness (QED) is 0.512. The molecule has 0 atom stereocenters. The van der Waals surface area contributed by atoms with Crippen LogP contribution in [0.25, 0.3) is 11.1 Å². The fraction of sp³-hybridized carbons (Fsp3) is 0.286. The molecule has 0 bridgehead atoms. The van der Waals surface area contributed by atoms with Crippen LogP contribution < -0.4 is 10.1 Å². The molecule has 5 nitrogen and oxygen atoms in total. The van der Waals surface area contributed by atoms with E-state index in [0.29, 0.717) is 17.7 Å². The van der Waals surface area contributed by atoms with Crippen LogP contribution in [0.1, 0.15) is 39.9 Å². The fourth-order valence-electron chi connectivity index (χ4n) is 4.26. The smallest absolute Gasteiger partial charge is 0.251 e. The first-order valence-corrected chi connectivity index (χ1v) is 11.4. The minimum atomic E-state index is -0.0497. The number of hydrogen-bond donors (Lipinski definition) is 1. The van der Waals surface area contributed by atoms with Crippen LogP contribution in [-0.2, 0) is 13.0 Å². The molecule has 0 aliphatic carbocycles. The number of nitrogens with zero attached hydrogens (tertiary/aromatic N) is 2. The Bertz CT molecular complexity index is 1150. The number of amides is 1. The lowest BCUT2D eigenvalue weighted by Gasteiger charge is -2.29. The van der Waals surface area contributed by atoms with Gasteiger partial charge in [-0.3, -0.25) is 9.69 Å². The maximum Gasteiger partial charge on any atom is 0.251 e. The summed E-state index contributed by atoms with van der Waals surface area (Å²) in [5, 5.41) is 12.1. The SMILES string of the molecule is COc1ccc2c(c1)CN(CCCCNC(=O)c1ccc(-c3cccc(C#N)c3)cc1)CC2. The predicted octanol–water partition coefficient (Wildman–Crippen LogP) is 4.80. The van der Waals surface area contributed by atoms with Gasteiger partial charge in [-0.05, 0) is 84.5 Å². The minimum Gasteiger partial charge on any atom is -0.497 e. The highest BCUT2D eigenvalue weighted by Crippen LogP contribution is 2.24. The van der Waals surface area contributed by atoms with E-state index in [4.69, 9.17) is 10.00 Å². The molecule has 1 aliphatic heterocycles. The first kappa shape index (κ1) is 22.6. The third-order valence-corrected chi connectivity index (χ3v) is 6.16. The Labute approximate surface area is 195 Å². The zero-order chi connectivity index (χ0) is 23.0. The highest BCUT2D eigenvalue weighted by Gasteiger charge is 2.16. The first-order chi connectivity index (χ1) is 16.2. The van der Waals surface area contributed by atoms with Crippen molar-refractivity contribution in [3.8, 4) is 22.9 Å². The van der Waals surface area contributed by atoms with Gasteiger partial charge in [0, 0.05) is 25.2 Å². The Morgan fingerprint density at radius 1 is 1.03 bits per heavy atom. The molecule has 1 amide bonds. The van der Waals surface area contributed by atoms with Gasteiger partial charge in [0.25, 0.3) is 5.91 Å². The summed E-state index contributed by atoms with van der Waals surface area (Å²) in [5.74, 6) is 0.869. The number of methoxy groups -OCH3 is 1. The van der Waals surface area contributed by atoms with E-state index in [9.17, 15) is 4.79 Å². The maximum atomic E-state index is 12.5. The molecule has 3 aromatic carbocycles. The van der Waals surface area contributed by atoms with Gasteiger partial charge >= 0.3 is 0 Å². The molecule has 5 heteroatoms. The van der Waals surface area contributed by atoms with Gasteiger partial charge in [-0.15, -0.1) is 0 Å². The van der Waals surface area contributed by atoms with Gasteiger partial charge in [0.15, 0.2) is 0 Å². The minimum absolute atomic E-state index is 0.0497. The standard InChI is InChI=1S/C28H29N3O2/c1-33-27-12-11-23-13-16-31(20-26(23)18-27)15-3-2-14-30-28(32)24-9-7-22(8-10-24)25-6-4-5-21(17-25)19-29/h4-12,17-18H,2-3,13-16,20H2,1H3,(H,30,32). The third-order valence-electron chi connectivity index (χ3n) is 6.16. The Balaban J connectivity index is 1.20. The molecule has 0 aromatic heterocycles. The Morgan fingerprint density at radius 3 is 2.67 bits per heavy atom. The van der Waals surface area contributed by atoms with E-state index in [0.717, 1.165) is 55.8 Å². The van der Waals surface area contributed by atoms with Crippen LogP contribution in [0.3, 0.4) is 0 Å². The van der Waals surface area contributed by atoms with Crippen molar-refractivity contribution in [3.63, 3.8) is 0 Å². The van der Waals surface area contributed by atoms with E-state index >= 15 is 0 Å². The molecule has 1 aliphatic rings. The van der Waals surface area contributed by atoms with Crippen molar-refractivity contribution < 1.29 is 9.53 Å². The number of unbranched alkanes of at least 4 members (excludes halogenated alkanes) is 1. The van der Waals surface area contributed by atoms with E-state index < -0.39 is 0 Å². The number of carbonyl (C=O) groups excluding carboxylic acids is 1. The number of hydrogen-bond acceptors (Lipinski definition) is 4. The van der Waals surface area contributed by atoms with Crippen molar-refractivity contribution in [1.82, 2.24) is 10.2 Å². The molecule has 0 saturated carbocycles. The lowest BCUT2D eigenvalue weighted by atomic mass is 9.99. The topological polar surface area (TPSA) is 65.4 Å². The highest BCUT2D eigenvalue weighted by atomic mass is 16.5. The van der Waals surface area contributed by atoms with Crippen LogP contribution in [0.2, 0.25) is 0 Å². The van der Waals surface area contributed by atoms with Gasteiger partial charge in [0.1, 0.15) is 5.75 Å². The number of nitriles is 1. The van der Waals surface area contributed by atoms with Crippen LogP contribution in [0.4, 0.5) is 0 Å². The summed E-state index contributed by atoms with van der Waals surface area (Å²) >= 11 is 0. The van der Waals surface area contributed by atoms with E-state index in [1.54, 1.807) is 13.2 Å². The third kappa shape index (κ3) is 5.79. The summed E-state index contributed by atoms with van der Waals surface area (Å²) in [6.07, 6.45) is 3.08. The van der Waals surface area contributed by atoms with E-state index in [1.807, 2.05) is 48.5 Å². The van der Waals surface area contributed by atoms with Gasteiger partial charge in [0.2, 0.25) is 0 Å². The molecule has 0 unspecified atom stereocenters. The lowest BCUT2D eigenvalue weighted by Crippen LogP contribution is -2.32. The second-order valence-corrected chi connectivity index (χ2v) is 8.39. The van der Waals surface area contributed by atoms with Gasteiger partial charge in [-0.2, -0.15) is 5.26 Å². The first-order valence-electron chi connectivity index (χ1n) is 11.4. The molecule has 4 rings (SSSR count). The molecular weight excluding hydrogens is 410 g/mol. The summed E-state index contributed by atoms with van der Waals surface area (Å²) in [7, 11) is 1.71. The van der Waals surface area contributed by atoms with E-state index in [1.165, 1.54) is 11.1 Å². The zero-order valence-corrected chi connectivity index (χ0v) is 19.0. The Hall–Kier alpha value is -3.62. The van der Waals surface area contributed by atoms with Crippen LogP contribution in [0.5, 0.6) is 5.75 Å². The summed E-state index contributed by atoms with van der Waals surface area (Å²) in [6.45, 7) is 3.74. The normalized spacial score (nSPS) is 13.1. The van der Waals surface area contributed by atoms with Crippen molar-refractivity contribution in [2.75, 3.05) is 26.7 Å². The number of benzene rings is 3. The average molecular weight is 440 g/mol. The second kappa shape index (κ2) is 10.8. The summed E-state index contributed by atoms with van der Waals surface area (Å²) in [5.41, 5.74) is 6.02. The second-order valence-electron chi connectivity index (χ2n) is 8.39. The Morgan fingerprint density at radius 2 is 1.88 bits per heavy atom. The number of nitrogens with one attached hydrogen (secondary N) is 1. The van der Waals surface area contributed by atoms with Gasteiger partial charge in [0.05, 0.1) is 18.7 Å². The molecule has 0 spiro atoms. The molecule has 1 N–H and O–H groups in total. The van der Waals surface area contributed by atoms with Crippen molar-refractivity contribution in [1.29, 1.82) is 5.26 Å². The van der Waals surface area contributed by atoms with Gasteiger partial charge in [-0.25, -0.2) is 0 Å². The number of carbonyl (C=O) groups is 1. The largest absolute Gasteiger partial charge is 0.497 e. The average Bonchev–Trinajstić information content (AvgIpc) is 2.88. The van der Waals surface area contributed by atoms with Crippen molar-refractivity contribution in [3.05, 3.63) is 89.0 Å². The van der Waals surface area contributed by atoms with Crippen LogP contribution in [-0.4, -0.2) is 37.6 Å². The van der Waals surface area contributed by atoms with Crippen molar-refractivity contribution in [2.45, 2.75) is 25.8 Å². The van der Waals surface area contributed by atoms with Crippen molar-refractivity contribution >= 4 is 5.91 Å². The monoisotopic (exact) mass is 439 g/mol. The molecule has 0 saturated heterocycles. The summed E-state index contributed by atoms with van der Waals surface area (Å²) in [6, 6.07) is 23.5. The number of ether oxygens (including phenoxy) is 1. The molecule has 168 valence electrons. The molecule has 33 heavy (non-hydrogen) atoms. The predicted molar refractivity (Wildman–Crippen MR) is 130 cm³/mol. The number of rotatable bonds is 8. The molecular formula is C28H29N3O2. The van der Waals surface area contributed by atoms with Crippen LogP contribution in [0, 0.1) is 11.3 Å². The lowest BCUT2D eigenvalue weighted by molar-refractivity contribution is 0.0952. The van der Waals surface area contributed by atoms with Crippen LogP contribution >= 0.6 is 0 Å². The number of fused-ring (bicyclic) bond motifs is 1. The molecule has 3 aromatic rings. The van der Waals surface area contributed by atoms with E-state index in [2.05, 4.69) is 28.4 Å². The van der Waals surface area contributed by atoms with Gasteiger partial charge < -0.3 is 10.1 Å². The van der Waals surface area contributed by atoms with E-state index in [-0.39, 0.29) is 5.91 Å². The molecule has 0 fully saturated rings. The maximum absolute atomic E-state index is 12.5. The van der Waals surface area contributed by atoms with Crippen molar-refractivity contribution in [2.24, 2.45) is 0 Å². The summed E-state index contributed by atoms with van der Waals surface area (Å²) < 4.78 is 5.36. The fourth-order valence-corrected chi connectivity index (χ4v) is 4.26. The molecule has 1 heterocycles.